The Hall–Kier alpha value is -3.45. The standard InChI is InChI=1S/C24H21N3O3S/c1-2-16-10-11-18-22(13-16)31-24(26-18)27(14-17-7-5-6-12-25-17)23(28)21-15-29-19-8-3-4-9-20(19)30-21/h3-13,21H,2,14-15H2,1H3. The van der Waals surface area contributed by atoms with Crippen LogP contribution in [0.4, 0.5) is 5.13 Å². The lowest BCUT2D eigenvalue weighted by Crippen LogP contribution is -2.46. The number of benzene rings is 2. The molecule has 0 N–H and O–H groups in total. The molecule has 7 heteroatoms. The molecule has 3 heterocycles. The van der Waals surface area contributed by atoms with Crippen LogP contribution in [0.25, 0.3) is 10.2 Å². The van der Waals surface area contributed by atoms with E-state index in [9.17, 15) is 4.79 Å². The maximum atomic E-state index is 13.6. The summed E-state index contributed by atoms with van der Waals surface area (Å²) in [5.41, 5.74) is 2.90. The van der Waals surface area contributed by atoms with Gasteiger partial charge >= 0.3 is 0 Å². The van der Waals surface area contributed by atoms with Crippen molar-refractivity contribution in [2.45, 2.75) is 26.0 Å². The number of pyridine rings is 1. The molecule has 0 bridgehead atoms. The molecule has 0 saturated carbocycles. The van der Waals surface area contributed by atoms with Crippen molar-refractivity contribution in [2.75, 3.05) is 11.5 Å². The second-order valence-electron chi connectivity index (χ2n) is 7.26. The van der Waals surface area contributed by atoms with Crippen molar-refractivity contribution in [3.63, 3.8) is 0 Å². The molecule has 1 atom stereocenters. The number of hydrogen-bond acceptors (Lipinski definition) is 6. The number of fused-ring (bicyclic) bond motifs is 2. The number of thiazole rings is 1. The zero-order chi connectivity index (χ0) is 21.2. The van der Waals surface area contributed by atoms with Crippen LogP contribution >= 0.6 is 11.3 Å². The molecule has 2 aromatic heterocycles. The van der Waals surface area contributed by atoms with Crippen molar-refractivity contribution >= 4 is 32.6 Å². The summed E-state index contributed by atoms with van der Waals surface area (Å²) in [6, 6.07) is 19.3. The van der Waals surface area contributed by atoms with Gasteiger partial charge < -0.3 is 9.47 Å². The average molecular weight is 432 g/mol. The van der Waals surface area contributed by atoms with Crippen LogP contribution in [0, 0.1) is 0 Å². The maximum Gasteiger partial charge on any atom is 0.273 e. The Labute approximate surface area is 184 Å². The molecule has 1 unspecified atom stereocenters. The number of anilines is 1. The fourth-order valence-corrected chi connectivity index (χ4v) is 4.53. The van der Waals surface area contributed by atoms with Crippen molar-refractivity contribution in [3.8, 4) is 11.5 Å². The number of amides is 1. The quantitative estimate of drug-likeness (QED) is 0.461. The lowest BCUT2D eigenvalue weighted by molar-refractivity contribution is -0.127. The molecule has 1 amide bonds. The average Bonchev–Trinajstić information content (AvgIpc) is 3.25. The number of nitrogens with zero attached hydrogens (tertiary/aromatic N) is 3. The van der Waals surface area contributed by atoms with E-state index in [1.807, 2.05) is 48.5 Å². The van der Waals surface area contributed by atoms with E-state index in [-0.39, 0.29) is 12.5 Å². The minimum absolute atomic E-state index is 0.152. The van der Waals surface area contributed by atoms with Gasteiger partial charge in [-0.25, -0.2) is 4.98 Å². The Bertz CT molecular complexity index is 1230. The number of para-hydroxylation sites is 2. The highest BCUT2D eigenvalue weighted by Crippen LogP contribution is 2.34. The van der Waals surface area contributed by atoms with Crippen LogP contribution in [0.5, 0.6) is 11.5 Å². The summed E-state index contributed by atoms with van der Waals surface area (Å²) in [7, 11) is 0. The third kappa shape index (κ3) is 3.96. The number of carbonyl (C=O) groups is 1. The Kier molecular flexibility index (Phi) is 5.26. The molecule has 1 aliphatic rings. The van der Waals surface area contributed by atoms with Crippen molar-refractivity contribution in [2.24, 2.45) is 0 Å². The van der Waals surface area contributed by atoms with Gasteiger partial charge in [-0.05, 0) is 48.4 Å². The molecule has 6 nitrogen and oxygen atoms in total. The largest absolute Gasteiger partial charge is 0.485 e. The number of hydrogen-bond donors (Lipinski definition) is 0. The summed E-state index contributed by atoms with van der Waals surface area (Å²) in [6.07, 6.45) is 1.92. The second kappa shape index (κ2) is 8.35. The summed E-state index contributed by atoms with van der Waals surface area (Å²) in [5, 5.41) is 0.626. The maximum absolute atomic E-state index is 13.6. The normalized spacial score (nSPS) is 15.1. The van der Waals surface area contributed by atoms with E-state index in [0.717, 1.165) is 22.3 Å². The molecule has 2 aromatic carbocycles. The molecule has 31 heavy (non-hydrogen) atoms. The lowest BCUT2D eigenvalue weighted by Gasteiger charge is -2.29. The molecular formula is C24H21N3O3S. The first-order valence-electron chi connectivity index (χ1n) is 10.2. The van der Waals surface area contributed by atoms with E-state index >= 15 is 0 Å². The smallest absolute Gasteiger partial charge is 0.273 e. The van der Waals surface area contributed by atoms with Gasteiger partial charge in [0, 0.05) is 6.20 Å². The van der Waals surface area contributed by atoms with Crippen LogP contribution < -0.4 is 14.4 Å². The van der Waals surface area contributed by atoms with Crippen LogP contribution in [-0.4, -0.2) is 28.6 Å². The predicted octanol–water partition coefficient (Wildman–Crippen LogP) is 4.63. The van der Waals surface area contributed by atoms with E-state index < -0.39 is 6.10 Å². The van der Waals surface area contributed by atoms with Gasteiger partial charge in [-0.1, -0.05) is 42.5 Å². The van der Waals surface area contributed by atoms with E-state index in [2.05, 4.69) is 24.0 Å². The molecule has 0 aliphatic carbocycles. The lowest BCUT2D eigenvalue weighted by atomic mass is 10.2. The highest BCUT2D eigenvalue weighted by atomic mass is 32.1. The monoisotopic (exact) mass is 431 g/mol. The third-order valence-corrected chi connectivity index (χ3v) is 6.22. The number of ether oxygens (including phenoxy) is 2. The summed E-state index contributed by atoms with van der Waals surface area (Å²) >= 11 is 1.50. The van der Waals surface area contributed by atoms with E-state index in [1.54, 1.807) is 11.1 Å². The van der Waals surface area contributed by atoms with Crippen molar-refractivity contribution in [1.82, 2.24) is 9.97 Å². The van der Waals surface area contributed by atoms with Crippen LogP contribution in [0.1, 0.15) is 18.2 Å². The van der Waals surface area contributed by atoms with Crippen molar-refractivity contribution in [3.05, 3.63) is 78.1 Å². The molecule has 5 rings (SSSR count). The van der Waals surface area contributed by atoms with Gasteiger partial charge in [0.2, 0.25) is 6.10 Å². The zero-order valence-corrected chi connectivity index (χ0v) is 17.8. The molecular weight excluding hydrogens is 410 g/mol. The highest BCUT2D eigenvalue weighted by molar-refractivity contribution is 7.22. The topological polar surface area (TPSA) is 64.6 Å². The number of aryl methyl sites for hydroxylation is 1. The van der Waals surface area contributed by atoms with E-state index in [4.69, 9.17) is 14.5 Å². The summed E-state index contributed by atoms with van der Waals surface area (Å²) in [5.74, 6) is 1.02. The molecule has 4 aromatic rings. The first kappa shape index (κ1) is 19.5. The van der Waals surface area contributed by atoms with E-state index in [1.165, 1.54) is 16.9 Å². The fourth-order valence-electron chi connectivity index (χ4n) is 3.50. The Morgan fingerprint density at radius 1 is 1.13 bits per heavy atom. The molecule has 0 fully saturated rings. The van der Waals surface area contributed by atoms with Gasteiger partial charge in [0.15, 0.2) is 16.6 Å². The molecule has 1 aliphatic heterocycles. The van der Waals surface area contributed by atoms with Gasteiger partial charge in [0.25, 0.3) is 5.91 Å². The molecule has 0 radical (unpaired) electrons. The minimum Gasteiger partial charge on any atom is -0.485 e. The van der Waals surface area contributed by atoms with Crippen molar-refractivity contribution in [1.29, 1.82) is 0 Å². The molecule has 0 spiro atoms. The van der Waals surface area contributed by atoms with Gasteiger partial charge in [-0.3, -0.25) is 14.7 Å². The van der Waals surface area contributed by atoms with Gasteiger partial charge in [-0.15, -0.1) is 0 Å². The Balaban J connectivity index is 1.49. The first-order chi connectivity index (χ1) is 15.2. The molecule has 156 valence electrons. The highest BCUT2D eigenvalue weighted by Gasteiger charge is 2.33. The van der Waals surface area contributed by atoms with Crippen LogP contribution in [-0.2, 0) is 17.8 Å². The van der Waals surface area contributed by atoms with E-state index in [0.29, 0.717) is 23.2 Å². The summed E-state index contributed by atoms with van der Waals surface area (Å²) in [6.45, 7) is 2.58. The predicted molar refractivity (Wildman–Crippen MR) is 121 cm³/mol. The minimum atomic E-state index is -0.753. The van der Waals surface area contributed by atoms with Crippen LogP contribution in [0.15, 0.2) is 66.9 Å². The number of aromatic nitrogens is 2. The summed E-state index contributed by atoms with van der Waals surface area (Å²) < 4.78 is 12.8. The van der Waals surface area contributed by atoms with Crippen molar-refractivity contribution < 1.29 is 14.3 Å². The van der Waals surface area contributed by atoms with Gasteiger partial charge in [0.05, 0.1) is 22.5 Å². The fraction of sp³-hybridized carbons (Fsp3) is 0.208. The third-order valence-electron chi connectivity index (χ3n) is 5.18. The Morgan fingerprint density at radius 3 is 2.77 bits per heavy atom. The molecule has 0 saturated heterocycles. The van der Waals surface area contributed by atoms with Gasteiger partial charge in [0.1, 0.15) is 6.61 Å². The Morgan fingerprint density at radius 2 is 1.97 bits per heavy atom. The second-order valence-corrected chi connectivity index (χ2v) is 8.27. The number of carbonyl (C=O) groups excluding carboxylic acids is 1. The van der Waals surface area contributed by atoms with Gasteiger partial charge in [-0.2, -0.15) is 0 Å². The summed E-state index contributed by atoms with van der Waals surface area (Å²) in [4.78, 5) is 24.4. The van der Waals surface area contributed by atoms with Crippen LogP contribution in [0.2, 0.25) is 0 Å². The SMILES string of the molecule is CCc1ccc2nc(N(Cc3ccccn3)C(=O)C3COc4ccccc4O3)sc2c1. The number of rotatable bonds is 5. The van der Waals surface area contributed by atoms with Crippen LogP contribution in [0.3, 0.4) is 0 Å². The first-order valence-corrected chi connectivity index (χ1v) is 11.0. The zero-order valence-electron chi connectivity index (χ0n) is 17.0.